The van der Waals surface area contributed by atoms with Gasteiger partial charge in [-0.1, -0.05) is 31.9 Å². The molecule has 1 aromatic carbocycles. The Bertz CT molecular complexity index is 643. The molecule has 1 aliphatic rings. The van der Waals surface area contributed by atoms with Crippen LogP contribution in [0.5, 0.6) is 5.75 Å². The normalized spacial score (nSPS) is 19.4. The van der Waals surface area contributed by atoms with Crippen molar-refractivity contribution in [1.82, 2.24) is 4.90 Å². The van der Waals surface area contributed by atoms with Gasteiger partial charge in [0.05, 0.1) is 13.0 Å². The molecule has 1 amide bonds. The van der Waals surface area contributed by atoms with Gasteiger partial charge in [-0.25, -0.2) is 0 Å². The molecule has 0 aromatic heterocycles. The van der Waals surface area contributed by atoms with Crippen molar-refractivity contribution >= 4 is 11.9 Å². The highest BCUT2D eigenvalue weighted by Gasteiger charge is 2.31. The Morgan fingerprint density at radius 3 is 2.63 bits per heavy atom. The average molecular weight is 376 g/mol. The highest BCUT2D eigenvalue weighted by molar-refractivity contribution is 5.79. The Kier molecular flexibility index (Phi) is 8.14. The Labute approximate surface area is 163 Å². The molecule has 0 radical (unpaired) electrons. The fourth-order valence-electron chi connectivity index (χ4n) is 3.78. The zero-order valence-corrected chi connectivity index (χ0v) is 17.1. The van der Waals surface area contributed by atoms with Crippen LogP contribution in [0.2, 0.25) is 0 Å². The number of ether oxygens (including phenoxy) is 2. The smallest absolute Gasteiger partial charge is 0.307 e. The summed E-state index contributed by atoms with van der Waals surface area (Å²) in [6, 6.07) is 6.02. The van der Waals surface area contributed by atoms with Gasteiger partial charge in [0.2, 0.25) is 0 Å². The maximum Gasteiger partial charge on any atom is 0.307 e. The van der Waals surface area contributed by atoms with Gasteiger partial charge < -0.3 is 14.4 Å². The van der Waals surface area contributed by atoms with E-state index in [2.05, 4.69) is 6.92 Å². The molecule has 0 saturated heterocycles. The third-order valence-corrected chi connectivity index (χ3v) is 5.56. The summed E-state index contributed by atoms with van der Waals surface area (Å²) in [7, 11) is 0. The Morgan fingerprint density at radius 2 is 1.93 bits per heavy atom. The fraction of sp³-hybridized carbons (Fsp3) is 0.636. The predicted molar refractivity (Wildman–Crippen MR) is 106 cm³/mol. The lowest BCUT2D eigenvalue weighted by Crippen LogP contribution is -2.48. The van der Waals surface area contributed by atoms with Crippen molar-refractivity contribution in [3.8, 4) is 5.75 Å². The minimum Gasteiger partial charge on any atom is -0.483 e. The topological polar surface area (TPSA) is 55.8 Å². The number of hydrogen-bond donors (Lipinski definition) is 0. The summed E-state index contributed by atoms with van der Waals surface area (Å²) in [5.41, 5.74) is 2.19. The van der Waals surface area contributed by atoms with Gasteiger partial charge in [0.1, 0.15) is 5.75 Å². The molecule has 0 spiro atoms. The third kappa shape index (κ3) is 5.98. The number of rotatable bonds is 8. The number of esters is 1. The van der Waals surface area contributed by atoms with Crippen molar-refractivity contribution < 1.29 is 19.1 Å². The van der Waals surface area contributed by atoms with Gasteiger partial charge in [-0.3, -0.25) is 9.59 Å². The van der Waals surface area contributed by atoms with E-state index in [1.165, 1.54) is 6.42 Å². The number of aryl methyl sites for hydroxylation is 1. The van der Waals surface area contributed by atoms with Crippen LogP contribution in [0.25, 0.3) is 0 Å². The number of carbonyl (C=O) groups is 2. The van der Waals surface area contributed by atoms with Crippen molar-refractivity contribution in [2.75, 3.05) is 19.8 Å². The lowest BCUT2D eigenvalue weighted by molar-refractivity contribution is -0.145. The van der Waals surface area contributed by atoms with E-state index in [1.807, 2.05) is 36.9 Å². The Hall–Kier alpha value is -2.04. The molecule has 2 atom stereocenters. The molecule has 1 aliphatic carbocycles. The molecule has 27 heavy (non-hydrogen) atoms. The summed E-state index contributed by atoms with van der Waals surface area (Å²) in [5.74, 6) is 0.865. The van der Waals surface area contributed by atoms with Crippen LogP contribution in [0.15, 0.2) is 18.2 Å². The number of nitrogens with zero attached hydrogens (tertiary/aromatic N) is 1. The Balaban J connectivity index is 2.05. The van der Waals surface area contributed by atoms with E-state index in [-0.39, 0.29) is 30.9 Å². The van der Waals surface area contributed by atoms with Crippen LogP contribution < -0.4 is 4.74 Å². The summed E-state index contributed by atoms with van der Waals surface area (Å²) < 4.78 is 10.9. The summed E-state index contributed by atoms with van der Waals surface area (Å²) in [6.07, 6.45) is 4.66. The van der Waals surface area contributed by atoms with Crippen molar-refractivity contribution in [2.24, 2.45) is 5.92 Å². The number of hydrogen-bond acceptors (Lipinski definition) is 4. The molecule has 0 heterocycles. The summed E-state index contributed by atoms with van der Waals surface area (Å²) in [6.45, 7) is 8.76. The van der Waals surface area contributed by atoms with Crippen LogP contribution in [0.4, 0.5) is 0 Å². The highest BCUT2D eigenvalue weighted by Crippen LogP contribution is 2.29. The minimum atomic E-state index is -0.255. The van der Waals surface area contributed by atoms with E-state index in [1.54, 1.807) is 6.92 Å². The number of amides is 1. The first kappa shape index (κ1) is 21.3. The van der Waals surface area contributed by atoms with E-state index in [9.17, 15) is 9.59 Å². The van der Waals surface area contributed by atoms with Gasteiger partial charge in [0, 0.05) is 12.6 Å². The van der Waals surface area contributed by atoms with E-state index in [4.69, 9.17) is 9.47 Å². The lowest BCUT2D eigenvalue weighted by Gasteiger charge is -2.38. The first-order chi connectivity index (χ1) is 12.9. The summed E-state index contributed by atoms with van der Waals surface area (Å²) in [4.78, 5) is 26.6. The van der Waals surface area contributed by atoms with Gasteiger partial charge >= 0.3 is 5.97 Å². The van der Waals surface area contributed by atoms with E-state index >= 15 is 0 Å². The van der Waals surface area contributed by atoms with Gasteiger partial charge in [-0.2, -0.15) is 0 Å². The molecule has 1 aromatic rings. The quantitative estimate of drug-likeness (QED) is 0.644. The van der Waals surface area contributed by atoms with Gasteiger partial charge in [-0.05, 0) is 56.7 Å². The molecule has 150 valence electrons. The van der Waals surface area contributed by atoms with Crippen LogP contribution in [0, 0.1) is 19.8 Å². The molecule has 0 aliphatic heterocycles. The van der Waals surface area contributed by atoms with Crippen molar-refractivity contribution in [1.29, 1.82) is 0 Å². The molecule has 2 unspecified atom stereocenters. The van der Waals surface area contributed by atoms with E-state index in [0.717, 1.165) is 36.1 Å². The third-order valence-electron chi connectivity index (χ3n) is 5.56. The van der Waals surface area contributed by atoms with Crippen LogP contribution in [0.1, 0.15) is 57.1 Å². The molecule has 0 bridgehead atoms. The number of carbonyl (C=O) groups excluding carboxylic acids is 2. The van der Waals surface area contributed by atoms with Gasteiger partial charge in [-0.15, -0.1) is 0 Å². The molecule has 2 rings (SSSR count). The molecule has 5 heteroatoms. The van der Waals surface area contributed by atoms with Crippen LogP contribution >= 0.6 is 0 Å². The van der Waals surface area contributed by atoms with Crippen molar-refractivity contribution in [3.05, 3.63) is 29.3 Å². The summed E-state index contributed by atoms with van der Waals surface area (Å²) >= 11 is 0. The van der Waals surface area contributed by atoms with E-state index < -0.39 is 0 Å². The molecule has 0 N–H and O–H groups in total. The molecular weight excluding hydrogens is 342 g/mol. The largest absolute Gasteiger partial charge is 0.483 e. The van der Waals surface area contributed by atoms with Crippen LogP contribution in [0.3, 0.4) is 0 Å². The first-order valence-corrected chi connectivity index (χ1v) is 10.1. The Morgan fingerprint density at radius 1 is 1.19 bits per heavy atom. The van der Waals surface area contributed by atoms with Crippen molar-refractivity contribution in [3.63, 3.8) is 0 Å². The summed E-state index contributed by atoms with van der Waals surface area (Å²) in [5, 5.41) is 0. The standard InChI is InChI=1S/C22H33NO4/c1-5-26-22(25)13-14-23(19-11-7-6-9-17(19)3)21(24)15-27-20-12-8-10-16(2)18(20)4/h8,10,12,17,19H,5-7,9,11,13-15H2,1-4H3. The maximum absolute atomic E-state index is 13.0. The molecule has 1 fully saturated rings. The zero-order chi connectivity index (χ0) is 19.8. The van der Waals surface area contributed by atoms with Gasteiger partial charge in [0.15, 0.2) is 6.61 Å². The number of benzene rings is 1. The lowest BCUT2D eigenvalue weighted by atomic mass is 9.84. The second-order valence-corrected chi connectivity index (χ2v) is 7.46. The first-order valence-electron chi connectivity index (χ1n) is 10.1. The predicted octanol–water partition coefficient (Wildman–Crippen LogP) is 4.04. The second-order valence-electron chi connectivity index (χ2n) is 7.46. The highest BCUT2D eigenvalue weighted by atomic mass is 16.5. The maximum atomic E-state index is 13.0. The van der Waals surface area contributed by atoms with Crippen LogP contribution in [-0.4, -0.2) is 42.6 Å². The fourth-order valence-corrected chi connectivity index (χ4v) is 3.78. The van der Waals surface area contributed by atoms with E-state index in [0.29, 0.717) is 19.1 Å². The zero-order valence-electron chi connectivity index (χ0n) is 17.1. The molecule has 5 nitrogen and oxygen atoms in total. The van der Waals surface area contributed by atoms with Crippen LogP contribution in [-0.2, 0) is 14.3 Å². The second kappa shape index (κ2) is 10.3. The minimum absolute atomic E-state index is 0.00363. The molecular formula is C22H33NO4. The molecule has 1 saturated carbocycles. The average Bonchev–Trinajstić information content (AvgIpc) is 2.64. The van der Waals surface area contributed by atoms with Crippen molar-refractivity contribution in [2.45, 2.75) is 65.8 Å². The van der Waals surface area contributed by atoms with Gasteiger partial charge in [0.25, 0.3) is 5.91 Å². The SMILES string of the molecule is CCOC(=O)CCN(C(=O)COc1cccc(C)c1C)C1CCCCC1C. The monoisotopic (exact) mass is 375 g/mol.